The normalized spacial score (nSPS) is 18.5. The summed E-state index contributed by atoms with van der Waals surface area (Å²) in [5.74, 6) is -0.403. The Balaban J connectivity index is 1.07. The van der Waals surface area contributed by atoms with E-state index in [-0.39, 0.29) is 5.54 Å². The molecule has 0 saturated carbocycles. The monoisotopic (exact) mass is 662 g/mol. The number of aryl methyl sites for hydroxylation is 2. The van der Waals surface area contributed by atoms with Crippen molar-refractivity contribution in [2.24, 2.45) is 0 Å². The van der Waals surface area contributed by atoms with Crippen LogP contribution in [-0.2, 0) is 17.9 Å². The molecule has 2 aliphatic heterocycles. The van der Waals surface area contributed by atoms with Crippen molar-refractivity contribution >= 4 is 11.6 Å². The van der Waals surface area contributed by atoms with Crippen molar-refractivity contribution in [2.75, 3.05) is 31.1 Å². The van der Waals surface area contributed by atoms with Gasteiger partial charge in [-0.3, -0.25) is 14.6 Å². The SMILES string of the molecule is Cc1ncnc(C)c1C(O)N1CCC(C)(N2CCC(N(Cc3ccccc3)c3ccc(CNC(=O)C(O)c4ccccc4)cc3)CC2)CC1. The van der Waals surface area contributed by atoms with Gasteiger partial charge in [0, 0.05) is 73.5 Å². The van der Waals surface area contributed by atoms with Crippen LogP contribution in [0.5, 0.6) is 0 Å². The minimum Gasteiger partial charge on any atom is -0.378 e. The zero-order chi connectivity index (χ0) is 34.4. The van der Waals surface area contributed by atoms with E-state index in [1.807, 2.05) is 32.0 Å². The van der Waals surface area contributed by atoms with E-state index >= 15 is 0 Å². The smallest absolute Gasteiger partial charge is 0.253 e. The molecule has 3 heterocycles. The third-order valence-corrected chi connectivity index (χ3v) is 10.7. The molecule has 1 aromatic heterocycles. The number of aliphatic hydroxyl groups excluding tert-OH is 2. The van der Waals surface area contributed by atoms with E-state index in [0.29, 0.717) is 18.2 Å². The van der Waals surface area contributed by atoms with Crippen LogP contribution < -0.4 is 10.2 Å². The van der Waals surface area contributed by atoms with E-state index < -0.39 is 18.2 Å². The quantitative estimate of drug-likeness (QED) is 0.195. The first-order valence-electron chi connectivity index (χ1n) is 17.6. The van der Waals surface area contributed by atoms with E-state index in [1.165, 1.54) is 11.3 Å². The number of benzene rings is 3. The summed E-state index contributed by atoms with van der Waals surface area (Å²) in [5, 5.41) is 24.6. The minimum absolute atomic E-state index is 0.100. The Labute approximate surface area is 290 Å². The number of amides is 1. The maximum atomic E-state index is 12.6. The number of hydrogen-bond donors (Lipinski definition) is 3. The van der Waals surface area contributed by atoms with E-state index in [4.69, 9.17) is 0 Å². The Kier molecular flexibility index (Phi) is 11.0. The first kappa shape index (κ1) is 34.7. The lowest BCUT2D eigenvalue weighted by molar-refractivity contribution is -0.129. The number of nitrogens with zero attached hydrogens (tertiary/aromatic N) is 5. The van der Waals surface area contributed by atoms with Gasteiger partial charge in [-0.25, -0.2) is 9.97 Å². The van der Waals surface area contributed by atoms with E-state index in [2.05, 4.69) is 91.5 Å². The van der Waals surface area contributed by atoms with Gasteiger partial charge in [0.05, 0.1) is 0 Å². The van der Waals surface area contributed by atoms with Crippen molar-refractivity contribution in [1.29, 1.82) is 0 Å². The summed E-state index contributed by atoms with van der Waals surface area (Å²) in [6, 6.07) is 28.5. The van der Waals surface area contributed by atoms with Crippen LogP contribution in [-0.4, -0.2) is 73.6 Å². The minimum atomic E-state index is -1.19. The highest BCUT2D eigenvalue weighted by Crippen LogP contribution is 2.36. The highest BCUT2D eigenvalue weighted by atomic mass is 16.3. The Hall–Kier alpha value is -4.15. The molecule has 49 heavy (non-hydrogen) atoms. The van der Waals surface area contributed by atoms with Gasteiger partial charge in [0.1, 0.15) is 12.6 Å². The Bertz CT molecular complexity index is 1630. The summed E-state index contributed by atoms with van der Waals surface area (Å²) in [6.07, 6.45) is 3.87. The van der Waals surface area contributed by atoms with Crippen molar-refractivity contribution in [3.63, 3.8) is 0 Å². The van der Waals surface area contributed by atoms with Crippen LogP contribution in [0.1, 0.15) is 78.6 Å². The second-order valence-corrected chi connectivity index (χ2v) is 13.9. The molecule has 0 aliphatic carbocycles. The Morgan fingerprint density at radius 3 is 2.06 bits per heavy atom. The first-order chi connectivity index (χ1) is 23.7. The van der Waals surface area contributed by atoms with Gasteiger partial charge in [-0.15, -0.1) is 0 Å². The number of piperidine rings is 2. The molecule has 2 saturated heterocycles. The molecule has 258 valence electrons. The molecule has 3 N–H and O–H groups in total. The number of nitrogens with one attached hydrogen (secondary N) is 1. The van der Waals surface area contributed by atoms with Gasteiger partial charge >= 0.3 is 0 Å². The predicted molar refractivity (Wildman–Crippen MR) is 193 cm³/mol. The van der Waals surface area contributed by atoms with E-state index in [0.717, 1.165) is 80.9 Å². The third-order valence-electron chi connectivity index (χ3n) is 10.7. The van der Waals surface area contributed by atoms with Gasteiger partial charge in [-0.2, -0.15) is 0 Å². The largest absolute Gasteiger partial charge is 0.378 e. The summed E-state index contributed by atoms with van der Waals surface area (Å²) in [5.41, 5.74) is 6.65. The lowest BCUT2D eigenvalue weighted by Gasteiger charge is -2.51. The number of carbonyl (C=O) groups excluding carboxylic acids is 1. The summed E-state index contributed by atoms with van der Waals surface area (Å²) < 4.78 is 0. The molecular formula is C40H50N6O3. The maximum Gasteiger partial charge on any atom is 0.253 e. The molecular weight excluding hydrogens is 612 g/mol. The fourth-order valence-electron chi connectivity index (χ4n) is 7.53. The van der Waals surface area contributed by atoms with Gasteiger partial charge in [0.2, 0.25) is 0 Å². The van der Waals surface area contributed by atoms with Crippen molar-refractivity contribution in [1.82, 2.24) is 25.1 Å². The molecule has 0 bridgehead atoms. The summed E-state index contributed by atoms with van der Waals surface area (Å²) in [7, 11) is 0. The molecule has 2 aliphatic rings. The summed E-state index contributed by atoms with van der Waals surface area (Å²) >= 11 is 0. The topological polar surface area (TPSA) is 105 Å². The van der Waals surface area contributed by atoms with Gasteiger partial charge in [-0.05, 0) is 75.3 Å². The van der Waals surface area contributed by atoms with E-state index in [1.54, 1.807) is 18.5 Å². The molecule has 2 unspecified atom stereocenters. The number of hydrogen-bond acceptors (Lipinski definition) is 8. The number of aliphatic hydroxyl groups is 2. The van der Waals surface area contributed by atoms with Crippen LogP contribution in [0.15, 0.2) is 91.3 Å². The van der Waals surface area contributed by atoms with Crippen LogP contribution >= 0.6 is 0 Å². The van der Waals surface area contributed by atoms with E-state index in [9.17, 15) is 15.0 Å². The van der Waals surface area contributed by atoms with Crippen LogP contribution in [0, 0.1) is 13.8 Å². The van der Waals surface area contributed by atoms with Crippen molar-refractivity contribution in [3.8, 4) is 0 Å². The van der Waals surface area contributed by atoms with Crippen molar-refractivity contribution < 1.29 is 15.0 Å². The average molecular weight is 663 g/mol. The molecule has 0 radical (unpaired) electrons. The predicted octanol–water partition coefficient (Wildman–Crippen LogP) is 5.46. The van der Waals surface area contributed by atoms with Gasteiger partial charge in [-0.1, -0.05) is 72.8 Å². The highest BCUT2D eigenvalue weighted by molar-refractivity contribution is 5.81. The van der Waals surface area contributed by atoms with Gasteiger partial charge < -0.3 is 20.4 Å². The molecule has 4 aromatic rings. The third kappa shape index (κ3) is 8.19. The maximum absolute atomic E-state index is 12.6. The molecule has 2 fully saturated rings. The number of aromatic nitrogens is 2. The second-order valence-electron chi connectivity index (χ2n) is 13.9. The number of rotatable bonds is 11. The molecule has 0 spiro atoms. The van der Waals surface area contributed by atoms with Gasteiger partial charge in [0.15, 0.2) is 6.10 Å². The lowest BCUT2D eigenvalue weighted by Crippen LogP contribution is -2.57. The van der Waals surface area contributed by atoms with Gasteiger partial charge in [0.25, 0.3) is 5.91 Å². The number of carbonyl (C=O) groups is 1. The number of anilines is 1. The molecule has 6 rings (SSSR count). The summed E-state index contributed by atoms with van der Waals surface area (Å²) in [4.78, 5) is 28.7. The molecule has 3 aromatic carbocycles. The lowest BCUT2D eigenvalue weighted by atomic mass is 9.85. The van der Waals surface area contributed by atoms with Crippen molar-refractivity contribution in [2.45, 2.75) is 83.5 Å². The standard InChI is InChI=1S/C40H50N6O3/c1-29-36(30(2)43-28-42-29)39(49)44-24-20-40(3,21-25-44)45-22-18-35(19-23-45)46(27-32-10-6-4-7-11-32)34-16-14-31(15-17-34)26-41-38(48)37(47)33-12-8-5-9-13-33/h4-17,28,35,37,39,47,49H,18-27H2,1-3H3,(H,41,48). The fourth-order valence-corrected chi connectivity index (χ4v) is 7.53. The molecule has 9 nitrogen and oxygen atoms in total. The Morgan fingerprint density at radius 1 is 0.857 bits per heavy atom. The second kappa shape index (κ2) is 15.6. The fraction of sp³-hybridized carbons (Fsp3) is 0.425. The van der Waals surface area contributed by atoms with Crippen LogP contribution in [0.2, 0.25) is 0 Å². The number of likely N-dealkylation sites (tertiary alicyclic amines) is 2. The van der Waals surface area contributed by atoms with Crippen LogP contribution in [0.25, 0.3) is 0 Å². The molecule has 9 heteroatoms. The zero-order valence-electron chi connectivity index (χ0n) is 29.0. The highest BCUT2D eigenvalue weighted by Gasteiger charge is 2.40. The Morgan fingerprint density at radius 2 is 1.45 bits per heavy atom. The van der Waals surface area contributed by atoms with Crippen molar-refractivity contribution in [3.05, 3.63) is 125 Å². The average Bonchev–Trinajstić information content (AvgIpc) is 3.14. The van der Waals surface area contributed by atoms with Crippen LogP contribution in [0.4, 0.5) is 5.69 Å². The summed E-state index contributed by atoms with van der Waals surface area (Å²) in [6.45, 7) is 11.2. The molecule has 1 amide bonds. The van der Waals surface area contributed by atoms with Crippen LogP contribution in [0.3, 0.4) is 0 Å². The first-order valence-corrected chi connectivity index (χ1v) is 17.6. The zero-order valence-corrected chi connectivity index (χ0v) is 29.0. The molecule has 2 atom stereocenters.